The van der Waals surface area contributed by atoms with Crippen molar-refractivity contribution in [1.82, 2.24) is 5.32 Å². The Kier molecular flexibility index (Phi) is 4.88. The molecule has 0 saturated heterocycles. The van der Waals surface area contributed by atoms with Crippen molar-refractivity contribution in [3.05, 3.63) is 76.3 Å². The highest BCUT2D eigenvalue weighted by Crippen LogP contribution is 2.47. The molecular formula is C24H25FN2O3. The van der Waals surface area contributed by atoms with Gasteiger partial charge in [0, 0.05) is 29.1 Å². The highest BCUT2D eigenvalue weighted by Gasteiger charge is 2.43. The van der Waals surface area contributed by atoms with Gasteiger partial charge in [-0.3, -0.25) is 9.59 Å². The zero-order valence-electron chi connectivity index (χ0n) is 17.6. The molecule has 4 rings (SSSR count). The van der Waals surface area contributed by atoms with E-state index in [4.69, 9.17) is 4.42 Å². The summed E-state index contributed by atoms with van der Waals surface area (Å²) in [6.45, 7) is 7.80. The number of halogens is 1. The van der Waals surface area contributed by atoms with Crippen LogP contribution in [0.25, 0.3) is 0 Å². The summed E-state index contributed by atoms with van der Waals surface area (Å²) >= 11 is 0. The molecule has 5 nitrogen and oxygen atoms in total. The van der Waals surface area contributed by atoms with Gasteiger partial charge in [-0.2, -0.15) is 0 Å². The molecule has 156 valence electrons. The lowest BCUT2D eigenvalue weighted by atomic mass is 9.69. The quantitative estimate of drug-likeness (QED) is 0.752. The molecule has 6 heteroatoms. The van der Waals surface area contributed by atoms with Crippen molar-refractivity contribution < 1.29 is 18.4 Å². The van der Waals surface area contributed by atoms with E-state index in [1.165, 1.54) is 24.3 Å². The fourth-order valence-electron chi connectivity index (χ4n) is 4.36. The molecule has 0 fully saturated rings. The molecule has 0 bridgehead atoms. The third-order valence-corrected chi connectivity index (χ3v) is 5.63. The molecule has 1 aromatic carbocycles. The van der Waals surface area contributed by atoms with Gasteiger partial charge < -0.3 is 15.1 Å². The van der Waals surface area contributed by atoms with Crippen LogP contribution in [0, 0.1) is 18.2 Å². The Morgan fingerprint density at radius 2 is 1.83 bits per heavy atom. The molecule has 2 heterocycles. The summed E-state index contributed by atoms with van der Waals surface area (Å²) in [6, 6.07) is 9.24. The van der Waals surface area contributed by atoms with Crippen LogP contribution in [0.15, 0.2) is 63.4 Å². The summed E-state index contributed by atoms with van der Waals surface area (Å²) in [4.78, 5) is 26.5. The number of allylic oxidation sites excluding steroid dienone is 3. The van der Waals surface area contributed by atoms with E-state index in [-0.39, 0.29) is 22.9 Å². The number of amides is 1. The number of furan rings is 1. The topological polar surface area (TPSA) is 71.3 Å². The minimum atomic E-state index is -0.584. The number of rotatable bonds is 3. The average molecular weight is 408 g/mol. The molecule has 2 aliphatic rings. The summed E-state index contributed by atoms with van der Waals surface area (Å²) in [5, 5.41) is 6.14. The molecule has 1 aromatic heterocycles. The lowest BCUT2D eigenvalue weighted by Crippen LogP contribution is -2.39. The lowest BCUT2D eigenvalue weighted by Gasteiger charge is -2.39. The third kappa shape index (κ3) is 3.70. The molecule has 1 amide bonds. The van der Waals surface area contributed by atoms with Gasteiger partial charge >= 0.3 is 0 Å². The zero-order chi connectivity index (χ0) is 21.6. The van der Waals surface area contributed by atoms with E-state index in [1.807, 2.05) is 26.0 Å². The number of dihydropyridines is 1. The third-order valence-electron chi connectivity index (χ3n) is 5.63. The Morgan fingerprint density at radius 1 is 1.13 bits per heavy atom. The largest absolute Gasteiger partial charge is 0.465 e. The van der Waals surface area contributed by atoms with Crippen LogP contribution in [0.2, 0.25) is 0 Å². The molecule has 1 aliphatic carbocycles. The highest BCUT2D eigenvalue weighted by molar-refractivity contribution is 6.09. The van der Waals surface area contributed by atoms with Crippen molar-refractivity contribution >= 4 is 17.4 Å². The van der Waals surface area contributed by atoms with E-state index in [1.54, 1.807) is 0 Å². The van der Waals surface area contributed by atoms with Crippen molar-refractivity contribution in [2.75, 3.05) is 5.32 Å². The maximum absolute atomic E-state index is 13.3. The Bertz CT molecular complexity index is 1090. The fraction of sp³-hybridized carbons (Fsp3) is 0.333. The van der Waals surface area contributed by atoms with Crippen molar-refractivity contribution in [3.8, 4) is 0 Å². The molecule has 1 atom stereocenters. The van der Waals surface area contributed by atoms with Crippen LogP contribution < -0.4 is 10.6 Å². The zero-order valence-corrected chi connectivity index (χ0v) is 17.6. The van der Waals surface area contributed by atoms with Crippen LogP contribution in [0.1, 0.15) is 51.1 Å². The minimum absolute atomic E-state index is 0.0207. The Labute approximate surface area is 175 Å². The van der Waals surface area contributed by atoms with Crippen molar-refractivity contribution in [1.29, 1.82) is 0 Å². The Morgan fingerprint density at radius 3 is 2.47 bits per heavy atom. The van der Waals surface area contributed by atoms with Gasteiger partial charge in [0.1, 0.15) is 17.3 Å². The smallest absolute Gasteiger partial charge is 0.254 e. The van der Waals surface area contributed by atoms with Crippen LogP contribution >= 0.6 is 0 Å². The summed E-state index contributed by atoms with van der Waals surface area (Å²) in [5.41, 5.74) is 2.88. The SMILES string of the molecule is CC1=C(C(=O)Nc2ccc(F)cc2)[C@H](c2ccc(C)o2)C2=C(CC(C)(C)CC2=O)N1. The first-order chi connectivity index (χ1) is 14.1. The summed E-state index contributed by atoms with van der Waals surface area (Å²) in [6.07, 6.45) is 1.13. The summed E-state index contributed by atoms with van der Waals surface area (Å²) in [7, 11) is 0. The maximum atomic E-state index is 13.3. The molecule has 1 aliphatic heterocycles. The number of carbonyl (C=O) groups is 2. The van der Waals surface area contributed by atoms with Gasteiger partial charge in [-0.25, -0.2) is 4.39 Å². The number of Topliss-reactive ketones (excluding diaryl/α,β-unsaturated/α-hetero) is 1. The van der Waals surface area contributed by atoms with Crippen LogP contribution in [0.4, 0.5) is 10.1 Å². The number of anilines is 1. The molecular weight excluding hydrogens is 383 g/mol. The summed E-state index contributed by atoms with van der Waals surface area (Å²) in [5.74, 6) is -0.0125. The van der Waals surface area contributed by atoms with Gasteiger partial charge in [0.2, 0.25) is 0 Å². The van der Waals surface area contributed by atoms with Crippen molar-refractivity contribution in [2.45, 2.75) is 46.5 Å². The van der Waals surface area contributed by atoms with Gasteiger partial charge in [0.15, 0.2) is 5.78 Å². The first-order valence-corrected chi connectivity index (χ1v) is 10.0. The molecule has 2 N–H and O–H groups in total. The predicted octanol–water partition coefficient (Wildman–Crippen LogP) is 4.97. The maximum Gasteiger partial charge on any atom is 0.254 e. The average Bonchev–Trinajstić information content (AvgIpc) is 3.07. The van der Waals surface area contributed by atoms with Crippen LogP contribution in [-0.4, -0.2) is 11.7 Å². The second-order valence-electron chi connectivity index (χ2n) is 8.84. The van der Waals surface area contributed by atoms with Crippen LogP contribution in [0.5, 0.6) is 0 Å². The van der Waals surface area contributed by atoms with E-state index in [2.05, 4.69) is 24.5 Å². The molecule has 0 saturated carbocycles. The van der Waals surface area contributed by atoms with Gasteiger partial charge in [0.05, 0.1) is 11.5 Å². The number of aryl methyl sites for hydroxylation is 1. The second-order valence-corrected chi connectivity index (χ2v) is 8.84. The van der Waals surface area contributed by atoms with E-state index in [0.717, 1.165) is 5.70 Å². The molecule has 0 unspecified atom stereocenters. The molecule has 0 spiro atoms. The number of hydrogen-bond acceptors (Lipinski definition) is 4. The first kappa shape index (κ1) is 20.1. The Hall–Kier alpha value is -3.15. The number of ketones is 1. The molecule has 2 aromatic rings. The van der Waals surface area contributed by atoms with Crippen molar-refractivity contribution in [2.24, 2.45) is 5.41 Å². The fourth-order valence-corrected chi connectivity index (χ4v) is 4.36. The van der Waals surface area contributed by atoms with Crippen molar-refractivity contribution in [3.63, 3.8) is 0 Å². The van der Waals surface area contributed by atoms with Gasteiger partial charge in [0.25, 0.3) is 5.91 Å². The van der Waals surface area contributed by atoms with Gasteiger partial charge in [-0.1, -0.05) is 13.8 Å². The second kappa shape index (κ2) is 7.27. The number of carbonyl (C=O) groups excluding carboxylic acids is 2. The standard InChI is InChI=1S/C24H25FN2O3/c1-13-5-10-19(30-13)22-20(23(29)27-16-8-6-15(25)7-9-16)14(2)26-17-11-24(3,4)12-18(28)21(17)22/h5-10,22,26H,11-12H2,1-4H3,(H,27,29)/t22-/m0/s1. The first-order valence-electron chi connectivity index (χ1n) is 10.0. The van der Waals surface area contributed by atoms with E-state index in [9.17, 15) is 14.0 Å². The normalized spacial score (nSPS) is 20.7. The van der Waals surface area contributed by atoms with Crippen LogP contribution in [-0.2, 0) is 9.59 Å². The molecule has 30 heavy (non-hydrogen) atoms. The van der Waals surface area contributed by atoms with E-state index >= 15 is 0 Å². The molecule has 0 radical (unpaired) electrons. The minimum Gasteiger partial charge on any atom is -0.465 e. The summed E-state index contributed by atoms with van der Waals surface area (Å²) < 4.78 is 19.1. The van der Waals surface area contributed by atoms with Gasteiger partial charge in [-0.15, -0.1) is 0 Å². The van der Waals surface area contributed by atoms with E-state index < -0.39 is 5.92 Å². The van der Waals surface area contributed by atoms with E-state index in [0.29, 0.717) is 46.9 Å². The number of nitrogens with one attached hydrogen (secondary N) is 2. The number of benzene rings is 1. The monoisotopic (exact) mass is 408 g/mol. The Balaban J connectivity index is 1.78. The highest BCUT2D eigenvalue weighted by atomic mass is 19.1. The van der Waals surface area contributed by atoms with Gasteiger partial charge in [-0.05, 0) is 62.1 Å². The van der Waals surface area contributed by atoms with Crippen LogP contribution in [0.3, 0.4) is 0 Å². The predicted molar refractivity (Wildman–Crippen MR) is 112 cm³/mol. The number of hydrogen-bond donors (Lipinski definition) is 2. The lowest BCUT2D eigenvalue weighted by molar-refractivity contribution is -0.118.